The molecule has 2 aromatic rings. The van der Waals surface area contributed by atoms with E-state index in [4.69, 9.17) is 4.74 Å². The van der Waals surface area contributed by atoms with Crippen LogP contribution in [0, 0.1) is 5.92 Å². The molecule has 1 atom stereocenters. The number of nitrogens with one attached hydrogen (secondary N) is 1. The Balaban J connectivity index is 1.35. The lowest BCUT2D eigenvalue weighted by Gasteiger charge is -2.50. The molecule has 2 aliphatic rings. The van der Waals surface area contributed by atoms with E-state index in [0.717, 1.165) is 58.1 Å². The molecule has 0 aromatic carbocycles. The fourth-order valence-electron chi connectivity index (χ4n) is 5.25. The van der Waals surface area contributed by atoms with Crippen LogP contribution < -0.4 is 5.32 Å². The van der Waals surface area contributed by atoms with Crippen molar-refractivity contribution in [2.24, 2.45) is 5.92 Å². The minimum Gasteiger partial charge on any atom is -0.381 e. The van der Waals surface area contributed by atoms with Gasteiger partial charge in [-0.1, -0.05) is 19.1 Å². The molecular weight excluding hydrogens is 471 g/mol. The van der Waals surface area contributed by atoms with Crippen molar-refractivity contribution < 1.29 is 22.7 Å². The lowest BCUT2D eigenvalue weighted by Crippen LogP contribution is -2.60. The van der Waals surface area contributed by atoms with Crippen LogP contribution in [0.2, 0.25) is 0 Å². The zero-order valence-electron chi connectivity index (χ0n) is 20.6. The molecule has 36 heavy (non-hydrogen) atoms. The first-order valence-electron chi connectivity index (χ1n) is 12.5. The Hall–Kier alpha value is -2.56. The maximum Gasteiger partial charge on any atom is 0.433 e. The summed E-state index contributed by atoms with van der Waals surface area (Å²) in [5, 5.41) is 2.59. The standard InChI is InChI=1S/C26H34F3N5O2/c1-20(24(35)32-23-6-2-5-22(31-23)26(27,28)29)18-25(8-16-36-17-9-25)34-14-12-33(13-15-34)11-7-21-4-3-10-30-19-21/h2-6,10,19-20H,7-9,11-18H2,1H3,(H,31,32,35). The number of carbonyl (C=O) groups is 1. The number of anilines is 1. The molecule has 2 aliphatic heterocycles. The number of alkyl halides is 3. The highest BCUT2D eigenvalue weighted by Gasteiger charge is 2.42. The van der Waals surface area contributed by atoms with E-state index in [2.05, 4.69) is 31.2 Å². The molecule has 196 valence electrons. The Morgan fingerprint density at radius 3 is 2.56 bits per heavy atom. The van der Waals surface area contributed by atoms with E-state index in [-0.39, 0.29) is 23.2 Å². The third-order valence-electron chi connectivity index (χ3n) is 7.33. The van der Waals surface area contributed by atoms with Gasteiger partial charge in [0.15, 0.2) is 0 Å². The van der Waals surface area contributed by atoms with Gasteiger partial charge in [-0.05, 0) is 49.4 Å². The van der Waals surface area contributed by atoms with Crippen LogP contribution in [0.5, 0.6) is 0 Å². The Labute approximate surface area is 210 Å². The van der Waals surface area contributed by atoms with Crippen LogP contribution in [0.3, 0.4) is 0 Å². The molecule has 4 heterocycles. The molecule has 1 N–H and O–H groups in total. The second kappa shape index (κ2) is 11.7. The number of nitrogens with zero attached hydrogens (tertiary/aromatic N) is 4. The summed E-state index contributed by atoms with van der Waals surface area (Å²) in [5.41, 5.74) is 0.0530. The Bertz CT molecular complexity index is 991. The maximum absolute atomic E-state index is 13.0. The van der Waals surface area contributed by atoms with Crippen LogP contribution in [0.15, 0.2) is 42.7 Å². The lowest BCUT2D eigenvalue weighted by molar-refractivity contribution is -0.141. The first kappa shape index (κ1) is 26.5. The number of hydrogen-bond donors (Lipinski definition) is 1. The Morgan fingerprint density at radius 2 is 1.89 bits per heavy atom. The molecule has 0 saturated carbocycles. The number of hydrogen-bond acceptors (Lipinski definition) is 6. The Morgan fingerprint density at radius 1 is 1.14 bits per heavy atom. The van der Waals surface area contributed by atoms with Crippen molar-refractivity contribution in [3.05, 3.63) is 54.0 Å². The number of piperazine rings is 1. The molecule has 2 aromatic heterocycles. The largest absolute Gasteiger partial charge is 0.433 e. The van der Waals surface area contributed by atoms with E-state index >= 15 is 0 Å². The van der Waals surface area contributed by atoms with E-state index in [9.17, 15) is 18.0 Å². The van der Waals surface area contributed by atoms with Crippen molar-refractivity contribution in [2.75, 3.05) is 51.3 Å². The molecule has 1 unspecified atom stereocenters. The van der Waals surface area contributed by atoms with Crippen molar-refractivity contribution in [1.29, 1.82) is 0 Å². The van der Waals surface area contributed by atoms with Crippen molar-refractivity contribution in [3.63, 3.8) is 0 Å². The van der Waals surface area contributed by atoms with Gasteiger partial charge in [-0.2, -0.15) is 13.2 Å². The van der Waals surface area contributed by atoms with Crippen LogP contribution in [0.25, 0.3) is 0 Å². The zero-order valence-corrected chi connectivity index (χ0v) is 20.6. The van der Waals surface area contributed by atoms with E-state index in [1.54, 1.807) is 6.20 Å². The summed E-state index contributed by atoms with van der Waals surface area (Å²) >= 11 is 0. The molecule has 0 spiro atoms. The zero-order chi connectivity index (χ0) is 25.6. The second-order valence-electron chi connectivity index (χ2n) is 9.78. The molecule has 0 aliphatic carbocycles. The van der Waals surface area contributed by atoms with Gasteiger partial charge in [0.05, 0.1) is 0 Å². The molecule has 0 radical (unpaired) electrons. The van der Waals surface area contributed by atoms with Gasteiger partial charge < -0.3 is 15.0 Å². The minimum absolute atomic E-state index is 0.0788. The fraction of sp³-hybridized carbons (Fsp3) is 0.577. The number of aromatic nitrogens is 2. The van der Waals surface area contributed by atoms with Gasteiger partial charge in [0.1, 0.15) is 11.5 Å². The number of carbonyl (C=O) groups excluding carboxylic acids is 1. The van der Waals surface area contributed by atoms with Crippen LogP contribution >= 0.6 is 0 Å². The fourth-order valence-corrected chi connectivity index (χ4v) is 5.25. The van der Waals surface area contributed by atoms with Crippen molar-refractivity contribution in [2.45, 2.75) is 44.3 Å². The normalized spacial score (nSPS) is 20.1. The second-order valence-corrected chi connectivity index (χ2v) is 9.78. The number of halogens is 3. The first-order valence-corrected chi connectivity index (χ1v) is 12.5. The summed E-state index contributed by atoms with van der Waals surface area (Å²) in [7, 11) is 0. The van der Waals surface area contributed by atoms with Gasteiger partial charge in [0, 0.05) is 69.8 Å². The quantitative estimate of drug-likeness (QED) is 0.588. The smallest absolute Gasteiger partial charge is 0.381 e. The molecule has 7 nitrogen and oxygen atoms in total. The van der Waals surface area contributed by atoms with E-state index in [0.29, 0.717) is 19.6 Å². The van der Waals surface area contributed by atoms with Crippen LogP contribution in [0.4, 0.5) is 19.0 Å². The van der Waals surface area contributed by atoms with Crippen LogP contribution in [-0.4, -0.2) is 77.2 Å². The molecular formula is C26H34F3N5O2. The highest BCUT2D eigenvalue weighted by molar-refractivity contribution is 5.91. The topological polar surface area (TPSA) is 70.6 Å². The summed E-state index contributed by atoms with van der Waals surface area (Å²) < 4.78 is 44.6. The van der Waals surface area contributed by atoms with E-state index in [1.807, 2.05) is 19.2 Å². The molecule has 10 heteroatoms. The molecule has 4 rings (SSSR count). The van der Waals surface area contributed by atoms with Crippen LogP contribution in [0.1, 0.15) is 37.4 Å². The van der Waals surface area contributed by atoms with Gasteiger partial charge in [-0.15, -0.1) is 0 Å². The third kappa shape index (κ3) is 6.80. The van der Waals surface area contributed by atoms with Gasteiger partial charge in [0.25, 0.3) is 0 Å². The Kier molecular flexibility index (Phi) is 8.58. The van der Waals surface area contributed by atoms with Crippen molar-refractivity contribution >= 4 is 11.7 Å². The highest BCUT2D eigenvalue weighted by atomic mass is 19.4. The highest BCUT2D eigenvalue weighted by Crippen LogP contribution is 2.35. The monoisotopic (exact) mass is 505 g/mol. The number of ether oxygens (including phenoxy) is 1. The summed E-state index contributed by atoms with van der Waals surface area (Å²) in [6, 6.07) is 7.59. The van der Waals surface area contributed by atoms with Gasteiger partial charge in [-0.25, -0.2) is 4.98 Å². The predicted molar refractivity (Wildman–Crippen MR) is 130 cm³/mol. The lowest BCUT2D eigenvalue weighted by atomic mass is 9.79. The minimum atomic E-state index is -4.56. The van der Waals surface area contributed by atoms with Gasteiger partial charge in [0.2, 0.25) is 5.91 Å². The molecule has 2 saturated heterocycles. The van der Waals surface area contributed by atoms with E-state index in [1.165, 1.54) is 17.7 Å². The number of amides is 1. The number of rotatable bonds is 8. The summed E-state index contributed by atoms with van der Waals surface area (Å²) in [4.78, 5) is 25.7. The average molecular weight is 506 g/mol. The molecule has 0 bridgehead atoms. The van der Waals surface area contributed by atoms with E-state index < -0.39 is 11.9 Å². The summed E-state index contributed by atoms with van der Waals surface area (Å²) in [6.45, 7) is 7.85. The van der Waals surface area contributed by atoms with Crippen molar-refractivity contribution in [1.82, 2.24) is 19.8 Å². The first-order chi connectivity index (χ1) is 17.2. The average Bonchev–Trinajstić information content (AvgIpc) is 2.88. The van der Waals surface area contributed by atoms with Gasteiger partial charge >= 0.3 is 6.18 Å². The van der Waals surface area contributed by atoms with Crippen molar-refractivity contribution in [3.8, 4) is 0 Å². The third-order valence-corrected chi connectivity index (χ3v) is 7.33. The molecule has 2 fully saturated rings. The predicted octanol–water partition coefficient (Wildman–Crippen LogP) is 3.87. The molecule has 1 amide bonds. The van der Waals surface area contributed by atoms with Crippen LogP contribution in [-0.2, 0) is 22.1 Å². The maximum atomic E-state index is 13.0. The summed E-state index contributed by atoms with van der Waals surface area (Å²) in [6.07, 6.45) is 2.40. The number of pyridine rings is 2. The summed E-state index contributed by atoms with van der Waals surface area (Å²) in [5.74, 6) is -0.782. The van der Waals surface area contributed by atoms with Gasteiger partial charge in [-0.3, -0.25) is 14.7 Å². The SMILES string of the molecule is CC(CC1(N2CCN(CCc3cccnc3)CC2)CCOCC1)C(=O)Nc1cccc(C(F)(F)F)n1.